The molecule has 19 heavy (non-hydrogen) atoms. The molecule has 2 rings (SSSR count). The molecule has 0 aliphatic carbocycles. The van der Waals surface area contributed by atoms with Gasteiger partial charge < -0.3 is 10.6 Å². The van der Waals surface area contributed by atoms with Crippen molar-refractivity contribution in [3.05, 3.63) is 53.4 Å². The first kappa shape index (κ1) is 13.8. The van der Waals surface area contributed by atoms with Crippen molar-refractivity contribution in [1.29, 1.82) is 0 Å². The molecule has 0 aliphatic rings. The normalized spacial score (nSPS) is 10.4. The molecule has 0 amide bonds. The lowest BCUT2D eigenvalue weighted by Crippen LogP contribution is -2.17. The van der Waals surface area contributed by atoms with Crippen molar-refractivity contribution in [1.82, 2.24) is 15.3 Å². The summed E-state index contributed by atoms with van der Waals surface area (Å²) in [4.78, 5) is 8.25. The first-order chi connectivity index (χ1) is 9.34. The number of halogens is 1. The highest BCUT2D eigenvalue weighted by molar-refractivity contribution is 6.30. The van der Waals surface area contributed by atoms with Crippen LogP contribution in [0.3, 0.4) is 0 Å². The Bertz CT molecular complexity index is 473. The molecule has 2 N–H and O–H groups in total. The molecule has 5 heteroatoms. The van der Waals surface area contributed by atoms with E-state index in [1.54, 1.807) is 12.4 Å². The van der Waals surface area contributed by atoms with Gasteiger partial charge in [-0.3, -0.25) is 4.98 Å². The van der Waals surface area contributed by atoms with Gasteiger partial charge in [0.2, 0.25) is 0 Å². The monoisotopic (exact) mass is 276 g/mol. The minimum atomic E-state index is 0.656. The molecule has 2 heterocycles. The second-order valence-electron chi connectivity index (χ2n) is 4.18. The first-order valence-corrected chi connectivity index (χ1v) is 6.67. The van der Waals surface area contributed by atoms with E-state index in [0.29, 0.717) is 5.02 Å². The van der Waals surface area contributed by atoms with Crippen LogP contribution in [0.1, 0.15) is 12.0 Å². The molecule has 0 aromatic carbocycles. The fraction of sp³-hybridized carbons (Fsp3) is 0.286. The summed E-state index contributed by atoms with van der Waals surface area (Å²) in [5, 5.41) is 7.28. The summed E-state index contributed by atoms with van der Waals surface area (Å²) < 4.78 is 0. The second kappa shape index (κ2) is 7.71. The van der Waals surface area contributed by atoms with Crippen molar-refractivity contribution in [3.63, 3.8) is 0 Å². The maximum Gasteiger partial charge on any atom is 0.125 e. The number of nitrogens with one attached hydrogen (secondary N) is 2. The molecule has 0 fully saturated rings. The molecule has 0 bridgehead atoms. The van der Waals surface area contributed by atoms with Crippen LogP contribution in [0.5, 0.6) is 0 Å². The van der Waals surface area contributed by atoms with E-state index in [1.165, 1.54) is 5.56 Å². The van der Waals surface area contributed by atoms with E-state index in [9.17, 15) is 0 Å². The summed E-state index contributed by atoms with van der Waals surface area (Å²) in [6.45, 7) is 2.69. The van der Waals surface area contributed by atoms with Gasteiger partial charge in [-0.25, -0.2) is 4.98 Å². The summed E-state index contributed by atoms with van der Waals surface area (Å²) in [5.74, 6) is 0.858. The van der Waals surface area contributed by atoms with E-state index < -0.39 is 0 Å². The zero-order valence-electron chi connectivity index (χ0n) is 10.6. The van der Waals surface area contributed by atoms with Crippen molar-refractivity contribution in [2.75, 3.05) is 18.4 Å². The lowest BCUT2D eigenvalue weighted by Gasteiger charge is -2.06. The maximum absolute atomic E-state index is 5.77. The molecule has 0 unspecified atom stereocenters. The number of hydrogen-bond acceptors (Lipinski definition) is 4. The second-order valence-corrected chi connectivity index (χ2v) is 4.62. The van der Waals surface area contributed by atoms with Gasteiger partial charge in [0.05, 0.1) is 5.02 Å². The lowest BCUT2D eigenvalue weighted by molar-refractivity contribution is 0.661. The van der Waals surface area contributed by atoms with Crippen LogP contribution in [0.2, 0.25) is 5.02 Å². The van der Waals surface area contributed by atoms with Gasteiger partial charge in [-0.15, -0.1) is 0 Å². The lowest BCUT2D eigenvalue weighted by atomic mass is 10.3. The largest absolute Gasteiger partial charge is 0.370 e. The number of nitrogens with zero attached hydrogens (tertiary/aromatic N) is 2. The molecule has 2 aromatic rings. The molecule has 0 saturated heterocycles. The molecule has 2 aromatic heterocycles. The summed E-state index contributed by atoms with van der Waals surface area (Å²) in [6, 6.07) is 7.73. The maximum atomic E-state index is 5.77. The van der Waals surface area contributed by atoms with Crippen LogP contribution in [-0.4, -0.2) is 23.1 Å². The van der Waals surface area contributed by atoms with Crippen molar-refractivity contribution in [2.24, 2.45) is 0 Å². The number of aromatic nitrogens is 2. The third-order valence-corrected chi connectivity index (χ3v) is 2.84. The van der Waals surface area contributed by atoms with Gasteiger partial charge in [-0.05, 0) is 36.7 Å². The van der Waals surface area contributed by atoms with E-state index >= 15 is 0 Å². The van der Waals surface area contributed by atoms with Gasteiger partial charge in [0.25, 0.3) is 0 Å². The van der Waals surface area contributed by atoms with Gasteiger partial charge in [0.1, 0.15) is 5.82 Å². The number of hydrogen-bond donors (Lipinski definition) is 2. The van der Waals surface area contributed by atoms with Gasteiger partial charge >= 0.3 is 0 Å². The van der Waals surface area contributed by atoms with E-state index in [1.807, 2.05) is 24.4 Å². The van der Waals surface area contributed by atoms with Crippen molar-refractivity contribution in [2.45, 2.75) is 13.0 Å². The highest BCUT2D eigenvalue weighted by Gasteiger charge is 1.94. The number of anilines is 1. The van der Waals surface area contributed by atoms with Crippen LogP contribution >= 0.6 is 11.6 Å². The van der Waals surface area contributed by atoms with Crippen molar-refractivity contribution < 1.29 is 0 Å². The molecule has 0 spiro atoms. The smallest absolute Gasteiger partial charge is 0.125 e. The van der Waals surface area contributed by atoms with Gasteiger partial charge in [-0.1, -0.05) is 17.7 Å². The van der Waals surface area contributed by atoms with Crippen LogP contribution in [0.4, 0.5) is 5.82 Å². The molecule has 0 aliphatic heterocycles. The Balaban J connectivity index is 1.56. The fourth-order valence-electron chi connectivity index (χ4n) is 1.65. The molecule has 4 nitrogen and oxygen atoms in total. The fourth-order valence-corrected chi connectivity index (χ4v) is 1.76. The molecular formula is C14H17ClN4. The van der Waals surface area contributed by atoms with Crippen molar-refractivity contribution in [3.8, 4) is 0 Å². The number of rotatable bonds is 7. The minimum absolute atomic E-state index is 0.656. The van der Waals surface area contributed by atoms with E-state index in [0.717, 1.165) is 31.9 Å². The van der Waals surface area contributed by atoms with Crippen LogP contribution in [0.15, 0.2) is 42.9 Å². The molecule has 0 saturated carbocycles. The van der Waals surface area contributed by atoms with Gasteiger partial charge in [-0.2, -0.15) is 0 Å². The Morgan fingerprint density at radius 3 is 2.79 bits per heavy atom. The topological polar surface area (TPSA) is 49.8 Å². The summed E-state index contributed by atoms with van der Waals surface area (Å²) in [6.07, 6.45) is 6.34. The van der Waals surface area contributed by atoms with E-state index in [4.69, 9.17) is 11.6 Å². The Morgan fingerprint density at radius 1 is 1.11 bits per heavy atom. The Hall–Kier alpha value is -1.65. The van der Waals surface area contributed by atoms with E-state index in [2.05, 4.69) is 26.7 Å². The summed E-state index contributed by atoms with van der Waals surface area (Å²) >= 11 is 5.77. The predicted octanol–water partition coefficient (Wildman–Crippen LogP) is 2.72. The standard InChI is InChI=1S/C14H17ClN4/c15-13-4-5-14(19-11-13)18-8-2-7-17-10-12-3-1-6-16-9-12/h1,3-6,9,11,17H,2,7-8,10H2,(H,18,19). The third kappa shape index (κ3) is 5.24. The zero-order chi connectivity index (χ0) is 13.3. The molecule has 100 valence electrons. The van der Waals surface area contributed by atoms with Crippen molar-refractivity contribution >= 4 is 17.4 Å². The summed E-state index contributed by atoms with van der Waals surface area (Å²) in [7, 11) is 0. The highest BCUT2D eigenvalue weighted by Crippen LogP contribution is 2.09. The predicted molar refractivity (Wildman–Crippen MR) is 78.3 cm³/mol. The third-order valence-electron chi connectivity index (χ3n) is 2.62. The molecular weight excluding hydrogens is 260 g/mol. The van der Waals surface area contributed by atoms with Crippen LogP contribution in [0.25, 0.3) is 0 Å². The SMILES string of the molecule is Clc1ccc(NCCCNCc2cccnc2)nc1. The van der Waals surface area contributed by atoms with Gasteiger partial charge in [0.15, 0.2) is 0 Å². The minimum Gasteiger partial charge on any atom is -0.370 e. The van der Waals surface area contributed by atoms with Crippen LogP contribution in [-0.2, 0) is 6.54 Å². The Morgan fingerprint density at radius 2 is 2.05 bits per heavy atom. The number of pyridine rings is 2. The highest BCUT2D eigenvalue weighted by atomic mass is 35.5. The quantitative estimate of drug-likeness (QED) is 0.764. The molecule has 0 radical (unpaired) electrons. The average molecular weight is 277 g/mol. The summed E-state index contributed by atoms with van der Waals surface area (Å²) in [5.41, 5.74) is 1.20. The van der Waals surface area contributed by atoms with E-state index in [-0.39, 0.29) is 0 Å². The van der Waals surface area contributed by atoms with Crippen LogP contribution in [0, 0.1) is 0 Å². The average Bonchev–Trinajstić information content (AvgIpc) is 2.46. The first-order valence-electron chi connectivity index (χ1n) is 6.29. The van der Waals surface area contributed by atoms with Crippen LogP contribution < -0.4 is 10.6 Å². The Kier molecular flexibility index (Phi) is 5.59. The van der Waals surface area contributed by atoms with Gasteiger partial charge in [0, 0.05) is 31.7 Å². The molecule has 0 atom stereocenters. The zero-order valence-corrected chi connectivity index (χ0v) is 11.4. The Labute approximate surface area is 118 Å².